The van der Waals surface area contributed by atoms with Crippen LogP contribution < -0.4 is 11.1 Å². The van der Waals surface area contributed by atoms with Crippen LogP contribution in [0.2, 0.25) is 0 Å². The van der Waals surface area contributed by atoms with Crippen LogP contribution in [0.25, 0.3) is 0 Å². The van der Waals surface area contributed by atoms with E-state index in [1.165, 1.54) is 19.2 Å². The van der Waals surface area contributed by atoms with E-state index in [1.54, 1.807) is 0 Å². The van der Waals surface area contributed by atoms with Crippen molar-refractivity contribution in [2.45, 2.75) is 24.8 Å². The molecule has 1 aromatic carbocycles. The van der Waals surface area contributed by atoms with E-state index in [4.69, 9.17) is 5.73 Å². The van der Waals surface area contributed by atoms with E-state index in [1.807, 2.05) is 13.8 Å². The lowest BCUT2D eigenvalue weighted by atomic mass is 10.4. The third-order valence-corrected chi connectivity index (χ3v) is 4.53. The number of halogens is 1. The zero-order valence-corrected chi connectivity index (χ0v) is 13.2. The smallest absolute Gasteiger partial charge is 0.242 e. The number of nitrogens with zero attached hydrogens (tertiary/aromatic N) is 2. The first-order valence-electron chi connectivity index (χ1n) is 6.52. The standard InChI is InChI=1S/C13H21FN4O2S/c1-10(2)17-13(15)16-8-9-18(3)21(19,20)12-6-4-11(14)5-7-12/h4-7,10H,8-9H2,1-3H3,(H3,15,16,17). The first-order chi connectivity index (χ1) is 9.73. The van der Waals surface area contributed by atoms with Crippen molar-refractivity contribution < 1.29 is 12.8 Å². The number of guanidine groups is 1. The van der Waals surface area contributed by atoms with Crippen molar-refractivity contribution in [1.82, 2.24) is 9.62 Å². The Labute approximate surface area is 124 Å². The number of nitrogens with two attached hydrogens (primary N) is 1. The number of likely N-dealkylation sites (N-methyl/N-ethyl adjacent to an activating group) is 1. The zero-order valence-electron chi connectivity index (χ0n) is 12.4. The van der Waals surface area contributed by atoms with Crippen LogP contribution in [0.3, 0.4) is 0 Å². The fourth-order valence-electron chi connectivity index (χ4n) is 1.56. The molecule has 0 bridgehead atoms. The van der Waals surface area contributed by atoms with Crippen LogP contribution in [0.5, 0.6) is 0 Å². The largest absolute Gasteiger partial charge is 0.370 e. The van der Waals surface area contributed by atoms with Gasteiger partial charge in [0.2, 0.25) is 10.0 Å². The van der Waals surface area contributed by atoms with Crippen molar-refractivity contribution in [3.63, 3.8) is 0 Å². The predicted octanol–water partition coefficient (Wildman–Crippen LogP) is 0.759. The highest BCUT2D eigenvalue weighted by Gasteiger charge is 2.20. The minimum atomic E-state index is -3.64. The normalized spacial score (nSPS) is 13.0. The molecule has 0 aromatic heterocycles. The number of sulfonamides is 1. The van der Waals surface area contributed by atoms with Crippen LogP contribution in [-0.2, 0) is 10.0 Å². The fourth-order valence-corrected chi connectivity index (χ4v) is 2.72. The summed E-state index contributed by atoms with van der Waals surface area (Å²) in [6, 6.07) is 4.86. The second-order valence-electron chi connectivity index (χ2n) is 4.85. The highest BCUT2D eigenvalue weighted by Crippen LogP contribution is 2.14. The van der Waals surface area contributed by atoms with E-state index < -0.39 is 15.8 Å². The summed E-state index contributed by atoms with van der Waals surface area (Å²) in [5.41, 5.74) is 5.63. The van der Waals surface area contributed by atoms with Gasteiger partial charge in [-0.2, -0.15) is 4.31 Å². The molecule has 0 aliphatic carbocycles. The number of benzene rings is 1. The number of hydrogen-bond donors (Lipinski definition) is 2. The summed E-state index contributed by atoms with van der Waals surface area (Å²) in [6.07, 6.45) is 0. The second-order valence-corrected chi connectivity index (χ2v) is 6.89. The molecular weight excluding hydrogens is 295 g/mol. The summed E-state index contributed by atoms with van der Waals surface area (Å²) in [5, 5.41) is 2.91. The van der Waals surface area contributed by atoms with E-state index in [0.717, 1.165) is 16.4 Å². The Balaban J connectivity index is 2.66. The Bertz CT molecular complexity index is 585. The van der Waals surface area contributed by atoms with Crippen molar-refractivity contribution in [2.24, 2.45) is 10.7 Å². The van der Waals surface area contributed by atoms with Crippen LogP contribution in [0, 0.1) is 5.82 Å². The molecule has 0 heterocycles. The van der Waals surface area contributed by atoms with Crippen LogP contribution >= 0.6 is 0 Å². The highest BCUT2D eigenvalue weighted by molar-refractivity contribution is 7.89. The van der Waals surface area contributed by atoms with E-state index in [0.29, 0.717) is 0 Å². The summed E-state index contributed by atoms with van der Waals surface area (Å²) in [4.78, 5) is 4.09. The van der Waals surface area contributed by atoms with Gasteiger partial charge in [-0.15, -0.1) is 0 Å². The van der Waals surface area contributed by atoms with Gasteiger partial charge in [0.05, 0.1) is 11.4 Å². The van der Waals surface area contributed by atoms with E-state index in [-0.39, 0.29) is 30.0 Å². The number of hydrogen-bond acceptors (Lipinski definition) is 3. The van der Waals surface area contributed by atoms with Gasteiger partial charge in [-0.3, -0.25) is 4.99 Å². The Hall–Kier alpha value is -1.67. The molecule has 0 radical (unpaired) electrons. The molecule has 8 heteroatoms. The topological polar surface area (TPSA) is 87.8 Å². The molecule has 0 atom stereocenters. The maximum atomic E-state index is 12.8. The predicted molar refractivity (Wildman–Crippen MR) is 81.0 cm³/mol. The Kier molecular flexibility index (Phi) is 6.10. The lowest BCUT2D eigenvalue weighted by Gasteiger charge is -2.16. The van der Waals surface area contributed by atoms with Gasteiger partial charge < -0.3 is 11.1 Å². The van der Waals surface area contributed by atoms with E-state index in [9.17, 15) is 12.8 Å². The lowest BCUT2D eigenvalue weighted by Crippen LogP contribution is -2.37. The summed E-state index contributed by atoms with van der Waals surface area (Å²) in [6.45, 7) is 4.27. The van der Waals surface area contributed by atoms with Gasteiger partial charge in [-0.1, -0.05) is 0 Å². The molecular formula is C13H21FN4O2S. The van der Waals surface area contributed by atoms with Crippen LogP contribution in [-0.4, -0.2) is 44.9 Å². The molecule has 0 aliphatic heterocycles. The number of aliphatic imine (C=N–C) groups is 1. The molecule has 21 heavy (non-hydrogen) atoms. The monoisotopic (exact) mass is 316 g/mol. The average molecular weight is 316 g/mol. The molecule has 0 unspecified atom stereocenters. The first kappa shape index (κ1) is 17.4. The fraction of sp³-hybridized carbons (Fsp3) is 0.462. The molecule has 0 saturated carbocycles. The maximum absolute atomic E-state index is 12.8. The quantitative estimate of drug-likeness (QED) is 0.599. The van der Waals surface area contributed by atoms with Crippen LogP contribution in [0.4, 0.5) is 4.39 Å². The van der Waals surface area contributed by atoms with Crippen molar-refractivity contribution >= 4 is 16.0 Å². The third kappa shape index (κ3) is 5.31. The summed E-state index contributed by atoms with van der Waals surface area (Å²) < 4.78 is 38.4. The number of nitrogens with one attached hydrogen (secondary N) is 1. The molecule has 0 aliphatic rings. The highest BCUT2D eigenvalue weighted by atomic mass is 32.2. The minimum Gasteiger partial charge on any atom is -0.370 e. The maximum Gasteiger partial charge on any atom is 0.242 e. The molecule has 118 valence electrons. The van der Waals surface area contributed by atoms with E-state index >= 15 is 0 Å². The van der Waals surface area contributed by atoms with Crippen molar-refractivity contribution in [1.29, 1.82) is 0 Å². The molecule has 1 rings (SSSR count). The minimum absolute atomic E-state index is 0.0451. The third-order valence-electron chi connectivity index (χ3n) is 2.66. The molecule has 6 nitrogen and oxygen atoms in total. The van der Waals surface area contributed by atoms with E-state index in [2.05, 4.69) is 10.3 Å². The molecule has 3 N–H and O–H groups in total. The zero-order chi connectivity index (χ0) is 16.0. The molecule has 0 spiro atoms. The van der Waals surface area contributed by atoms with Gasteiger partial charge in [0.25, 0.3) is 0 Å². The molecule has 0 fully saturated rings. The van der Waals surface area contributed by atoms with Gasteiger partial charge >= 0.3 is 0 Å². The molecule has 1 aromatic rings. The van der Waals surface area contributed by atoms with Crippen molar-refractivity contribution in [3.8, 4) is 0 Å². The second kappa shape index (κ2) is 7.37. The molecule has 0 amide bonds. The number of rotatable bonds is 6. The SMILES string of the molecule is CC(C)NC(N)=NCCN(C)S(=O)(=O)c1ccc(F)cc1. The lowest BCUT2D eigenvalue weighted by molar-refractivity contribution is 0.476. The Morgan fingerprint density at radius 1 is 1.38 bits per heavy atom. The van der Waals surface area contributed by atoms with Crippen molar-refractivity contribution in [3.05, 3.63) is 30.1 Å². The average Bonchev–Trinajstić information content (AvgIpc) is 2.38. The van der Waals surface area contributed by atoms with Crippen molar-refractivity contribution in [2.75, 3.05) is 20.1 Å². The van der Waals surface area contributed by atoms with Gasteiger partial charge in [-0.25, -0.2) is 12.8 Å². The van der Waals surface area contributed by atoms with Crippen LogP contribution in [0.1, 0.15) is 13.8 Å². The molecule has 0 saturated heterocycles. The van der Waals surface area contributed by atoms with Crippen LogP contribution in [0.15, 0.2) is 34.2 Å². The summed E-state index contributed by atoms with van der Waals surface area (Å²) >= 11 is 0. The Morgan fingerprint density at radius 2 is 1.95 bits per heavy atom. The summed E-state index contributed by atoms with van der Waals surface area (Å²) in [7, 11) is -2.20. The summed E-state index contributed by atoms with van der Waals surface area (Å²) in [5.74, 6) is -0.202. The first-order valence-corrected chi connectivity index (χ1v) is 7.96. The van der Waals surface area contributed by atoms with Gasteiger partial charge in [0.1, 0.15) is 5.82 Å². The van der Waals surface area contributed by atoms with Gasteiger partial charge in [-0.05, 0) is 38.1 Å². The van der Waals surface area contributed by atoms with Gasteiger partial charge in [0, 0.05) is 19.6 Å². The van der Waals surface area contributed by atoms with Gasteiger partial charge in [0.15, 0.2) is 5.96 Å². The Morgan fingerprint density at radius 3 is 2.48 bits per heavy atom.